The van der Waals surface area contributed by atoms with E-state index in [1.165, 1.54) is 6.20 Å². The van der Waals surface area contributed by atoms with E-state index in [9.17, 15) is 4.79 Å². The van der Waals surface area contributed by atoms with Crippen LogP contribution in [-0.4, -0.2) is 33.1 Å². The summed E-state index contributed by atoms with van der Waals surface area (Å²) in [6.45, 7) is 1.64. The maximum atomic E-state index is 10.9. The molecule has 1 N–H and O–H groups in total. The molecule has 0 aliphatic heterocycles. The fourth-order valence-corrected chi connectivity index (χ4v) is 1.49. The van der Waals surface area contributed by atoms with Gasteiger partial charge in [0.25, 0.3) is 0 Å². The van der Waals surface area contributed by atoms with Crippen LogP contribution in [0.1, 0.15) is 16.1 Å². The van der Waals surface area contributed by atoms with Crippen LogP contribution in [0.5, 0.6) is 0 Å². The predicted molar refractivity (Wildman–Crippen MR) is 66.0 cm³/mol. The van der Waals surface area contributed by atoms with E-state index < -0.39 is 5.97 Å². The lowest BCUT2D eigenvalue weighted by molar-refractivity contribution is 0.0695. The zero-order chi connectivity index (χ0) is 13.1. The van der Waals surface area contributed by atoms with Crippen molar-refractivity contribution < 1.29 is 9.90 Å². The first kappa shape index (κ1) is 12.0. The second-order valence-corrected chi connectivity index (χ2v) is 3.74. The molecule has 18 heavy (non-hydrogen) atoms. The number of hydrogen-bond donors (Lipinski definition) is 1. The summed E-state index contributed by atoms with van der Waals surface area (Å²) in [7, 11) is 1.80. The number of carboxylic acid groups (broad SMARTS) is 1. The Morgan fingerprint density at radius 3 is 2.72 bits per heavy atom. The molecule has 0 unspecified atom stereocenters. The zero-order valence-corrected chi connectivity index (χ0v) is 10.0. The molecule has 0 aliphatic rings. The van der Waals surface area contributed by atoms with Crippen LogP contribution in [0, 0.1) is 6.92 Å². The largest absolute Gasteiger partial charge is 0.478 e. The van der Waals surface area contributed by atoms with Crippen LogP contribution in [0.25, 0.3) is 0 Å². The van der Waals surface area contributed by atoms with Crippen LogP contribution in [0.4, 0.5) is 11.6 Å². The summed E-state index contributed by atoms with van der Waals surface area (Å²) >= 11 is 0. The highest BCUT2D eigenvalue weighted by atomic mass is 16.4. The molecule has 0 aromatic carbocycles. The van der Waals surface area contributed by atoms with Crippen molar-refractivity contribution >= 4 is 17.6 Å². The minimum Gasteiger partial charge on any atom is -0.478 e. The molecule has 6 heteroatoms. The Balaban J connectivity index is 2.35. The molecule has 2 aromatic rings. The standard InChI is InChI=1S/C12H12N4O2/c1-8-10(11(17)18)7-14-12(15-8)16(2)9-4-3-5-13-6-9/h3-7H,1-2H3,(H,17,18). The molecular formula is C12H12N4O2. The summed E-state index contributed by atoms with van der Waals surface area (Å²) < 4.78 is 0. The van der Waals surface area contributed by atoms with Gasteiger partial charge in [0.1, 0.15) is 0 Å². The maximum Gasteiger partial charge on any atom is 0.339 e. The topological polar surface area (TPSA) is 79.2 Å². The monoisotopic (exact) mass is 244 g/mol. The lowest BCUT2D eigenvalue weighted by Crippen LogP contribution is -2.15. The van der Waals surface area contributed by atoms with Crippen molar-refractivity contribution in [2.24, 2.45) is 0 Å². The number of nitrogens with zero attached hydrogens (tertiary/aromatic N) is 4. The molecule has 0 atom stereocenters. The predicted octanol–water partition coefficient (Wildman–Crippen LogP) is 1.65. The quantitative estimate of drug-likeness (QED) is 0.884. The molecule has 6 nitrogen and oxygen atoms in total. The van der Waals surface area contributed by atoms with Crippen molar-refractivity contribution in [3.8, 4) is 0 Å². The molecule has 0 radical (unpaired) electrons. The molecule has 0 saturated heterocycles. The van der Waals surface area contributed by atoms with Gasteiger partial charge < -0.3 is 10.0 Å². The van der Waals surface area contributed by atoms with Gasteiger partial charge >= 0.3 is 5.97 Å². The van der Waals surface area contributed by atoms with E-state index in [0.717, 1.165) is 5.69 Å². The Morgan fingerprint density at radius 1 is 1.39 bits per heavy atom. The molecule has 0 bridgehead atoms. The van der Waals surface area contributed by atoms with Gasteiger partial charge in [-0.25, -0.2) is 14.8 Å². The van der Waals surface area contributed by atoms with E-state index in [-0.39, 0.29) is 5.56 Å². The second-order valence-electron chi connectivity index (χ2n) is 3.74. The van der Waals surface area contributed by atoms with Gasteiger partial charge in [-0.15, -0.1) is 0 Å². The fraction of sp³-hybridized carbons (Fsp3) is 0.167. The highest BCUT2D eigenvalue weighted by molar-refractivity contribution is 5.88. The van der Waals surface area contributed by atoms with Crippen LogP contribution in [0.15, 0.2) is 30.7 Å². The lowest BCUT2D eigenvalue weighted by atomic mass is 10.2. The zero-order valence-electron chi connectivity index (χ0n) is 10.0. The molecule has 92 valence electrons. The van der Waals surface area contributed by atoms with Crippen molar-refractivity contribution in [2.75, 3.05) is 11.9 Å². The van der Waals surface area contributed by atoms with Gasteiger partial charge in [0, 0.05) is 19.4 Å². The summed E-state index contributed by atoms with van der Waals surface area (Å²) in [5.74, 6) is -0.589. The van der Waals surface area contributed by atoms with E-state index in [1.54, 1.807) is 31.3 Å². The van der Waals surface area contributed by atoms with E-state index in [2.05, 4.69) is 15.0 Å². The summed E-state index contributed by atoms with van der Waals surface area (Å²) in [5.41, 5.74) is 1.38. The van der Waals surface area contributed by atoms with Crippen LogP contribution >= 0.6 is 0 Å². The van der Waals surface area contributed by atoms with Crippen molar-refractivity contribution in [3.63, 3.8) is 0 Å². The smallest absolute Gasteiger partial charge is 0.339 e. The molecular weight excluding hydrogens is 232 g/mol. The summed E-state index contributed by atoms with van der Waals surface area (Å²) in [6, 6.07) is 3.68. The maximum absolute atomic E-state index is 10.9. The number of anilines is 2. The molecule has 0 aliphatic carbocycles. The molecule has 0 fully saturated rings. The van der Waals surface area contributed by atoms with Gasteiger partial charge in [0.05, 0.1) is 23.1 Å². The Bertz CT molecular complexity index is 572. The number of carboxylic acids is 1. The number of hydrogen-bond acceptors (Lipinski definition) is 5. The third-order valence-corrected chi connectivity index (χ3v) is 2.53. The summed E-state index contributed by atoms with van der Waals surface area (Å²) in [6.07, 6.45) is 4.67. The van der Waals surface area contributed by atoms with Crippen molar-refractivity contribution in [3.05, 3.63) is 42.0 Å². The second kappa shape index (κ2) is 4.79. The van der Waals surface area contributed by atoms with Crippen LogP contribution in [-0.2, 0) is 0 Å². The number of aromatic nitrogens is 3. The SMILES string of the molecule is Cc1nc(N(C)c2cccnc2)ncc1C(=O)O. The van der Waals surface area contributed by atoms with Gasteiger partial charge in [-0.05, 0) is 19.1 Å². The normalized spacial score (nSPS) is 10.1. The fourth-order valence-electron chi connectivity index (χ4n) is 1.49. The van der Waals surface area contributed by atoms with E-state index in [0.29, 0.717) is 11.6 Å². The molecule has 2 aromatic heterocycles. The number of aryl methyl sites for hydroxylation is 1. The molecule has 2 heterocycles. The highest BCUT2D eigenvalue weighted by Gasteiger charge is 2.12. The molecule has 0 saturated carbocycles. The third kappa shape index (κ3) is 2.27. The minimum atomic E-state index is -1.02. The van der Waals surface area contributed by atoms with Gasteiger partial charge in [-0.3, -0.25) is 4.98 Å². The average Bonchev–Trinajstić information content (AvgIpc) is 2.38. The Morgan fingerprint density at radius 2 is 2.17 bits per heavy atom. The molecule has 0 amide bonds. The van der Waals surface area contributed by atoms with E-state index >= 15 is 0 Å². The van der Waals surface area contributed by atoms with Gasteiger partial charge in [0.15, 0.2) is 0 Å². The van der Waals surface area contributed by atoms with Gasteiger partial charge in [-0.2, -0.15) is 0 Å². The molecule has 2 rings (SSSR count). The summed E-state index contributed by atoms with van der Waals surface area (Å²) in [4.78, 5) is 24.8. The average molecular weight is 244 g/mol. The summed E-state index contributed by atoms with van der Waals surface area (Å²) in [5, 5.41) is 8.91. The molecule has 0 spiro atoms. The Kier molecular flexibility index (Phi) is 3.18. The van der Waals surface area contributed by atoms with Crippen LogP contribution < -0.4 is 4.90 Å². The first-order chi connectivity index (χ1) is 8.59. The number of rotatable bonds is 3. The van der Waals surface area contributed by atoms with E-state index in [4.69, 9.17) is 5.11 Å². The number of aromatic carboxylic acids is 1. The third-order valence-electron chi connectivity index (χ3n) is 2.53. The van der Waals surface area contributed by atoms with Crippen LogP contribution in [0.2, 0.25) is 0 Å². The van der Waals surface area contributed by atoms with Gasteiger partial charge in [0.2, 0.25) is 5.95 Å². The van der Waals surface area contributed by atoms with Gasteiger partial charge in [-0.1, -0.05) is 0 Å². The number of carbonyl (C=O) groups is 1. The Hall–Kier alpha value is -2.50. The first-order valence-electron chi connectivity index (χ1n) is 5.30. The van der Waals surface area contributed by atoms with Crippen molar-refractivity contribution in [1.29, 1.82) is 0 Å². The first-order valence-corrected chi connectivity index (χ1v) is 5.30. The highest BCUT2D eigenvalue weighted by Crippen LogP contribution is 2.19. The minimum absolute atomic E-state index is 0.110. The number of pyridine rings is 1. The van der Waals surface area contributed by atoms with Crippen molar-refractivity contribution in [2.45, 2.75) is 6.92 Å². The van der Waals surface area contributed by atoms with E-state index in [1.807, 2.05) is 12.1 Å². The lowest BCUT2D eigenvalue weighted by Gasteiger charge is -2.17. The Labute approximate surface area is 104 Å². The van der Waals surface area contributed by atoms with Crippen LogP contribution in [0.3, 0.4) is 0 Å². The van der Waals surface area contributed by atoms with Crippen molar-refractivity contribution in [1.82, 2.24) is 15.0 Å².